The number of hydrogen-bond donors (Lipinski definition) is 1. The van der Waals surface area contributed by atoms with Gasteiger partial charge >= 0.3 is 0 Å². The molecule has 1 amide bonds. The van der Waals surface area contributed by atoms with E-state index in [0.717, 1.165) is 0 Å². The summed E-state index contributed by atoms with van der Waals surface area (Å²) in [5.74, 6) is 0.00333. The van der Waals surface area contributed by atoms with Gasteiger partial charge in [0.1, 0.15) is 4.60 Å². The summed E-state index contributed by atoms with van der Waals surface area (Å²) >= 11 is 3.25. The molecule has 17 heavy (non-hydrogen) atoms. The average molecular weight is 299 g/mol. The molecule has 1 saturated heterocycles. The van der Waals surface area contributed by atoms with Crippen LogP contribution >= 0.6 is 15.9 Å². The van der Waals surface area contributed by atoms with Crippen LogP contribution in [0.25, 0.3) is 0 Å². The SMILES string of the molecule is CC1(O)CCN(C(=O)c2ccnc(Br)c2)CC1. The topological polar surface area (TPSA) is 53.4 Å². The van der Waals surface area contributed by atoms with Crippen LogP contribution in [-0.2, 0) is 0 Å². The molecule has 4 nitrogen and oxygen atoms in total. The van der Waals surface area contributed by atoms with Gasteiger partial charge in [0, 0.05) is 24.8 Å². The van der Waals surface area contributed by atoms with E-state index in [4.69, 9.17) is 0 Å². The summed E-state index contributed by atoms with van der Waals surface area (Å²) in [7, 11) is 0. The Bertz CT molecular complexity index is 424. The molecule has 92 valence electrons. The number of piperidine rings is 1. The second-order valence-electron chi connectivity index (χ2n) is 4.66. The maximum absolute atomic E-state index is 12.2. The lowest BCUT2D eigenvalue weighted by molar-refractivity contribution is -0.00202. The van der Waals surface area contributed by atoms with Crippen molar-refractivity contribution in [1.82, 2.24) is 9.88 Å². The largest absolute Gasteiger partial charge is 0.390 e. The lowest BCUT2D eigenvalue weighted by Gasteiger charge is -2.35. The van der Waals surface area contributed by atoms with E-state index in [1.807, 2.05) is 6.92 Å². The smallest absolute Gasteiger partial charge is 0.254 e. The van der Waals surface area contributed by atoms with Gasteiger partial charge in [0.25, 0.3) is 5.91 Å². The molecule has 1 aromatic heterocycles. The highest BCUT2D eigenvalue weighted by molar-refractivity contribution is 9.10. The van der Waals surface area contributed by atoms with Gasteiger partial charge in [-0.2, -0.15) is 0 Å². The molecule has 1 fully saturated rings. The number of halogens is 1. The first kappa shape index (κ1) is 12.5. The predicted molar refractivity (Wildman–Crippen MR) is 67.7 cm³/mol. The van der Waals surface area contributed by atoms with Gasteiger partial charge in [0.2, 0.25) is 0 Å². The number of amides is 1. The van der Waals surface area contributed by atoms with E-state index >= 15 is 0 Å². The van der Waals surface area contributed by atoms with Crippen molar-refractivity contribution in [2.24, 2.45) is 0 Å². The molecular weight excluding hydrogens is 284 g/mol. The molecule has 2 heterocycles. The predicted octanol–water partition coefficient (Wildman–Crippen LogP) is 1.83. The summed E-state index contributed by atoms with van der Waals surface area (Å²) in [5.41, 5.74) is 0.00344. The van der Waals surface area contributed by atoms with Crippen molar-refractivity contribution in [3.8, 4) is 0 Å². The zero-order valence-corrected chi connectivity index (χ0v) is 11.3. The molecule has 1 N–H and O–H groups in total. The minimum Gasteiger partial charge on any atom is -0.390 e. The number of nitrogens with zero attached hydrogens (tertiary/aromatic N) is 2. The van der Waals surface area contributed by atoms with Crippen molar-refractivity contribution < 1.29 is 9.90 Å². The van der Waals surface area contributed by atoms with Crippen LogP contribution in [-0.4, -0.2) is 39.6 Å². The summed E-state index contributed by atoms with van der Waals surface area (Å²) < 4.78 is 0.660. The molecule has 0 spiro atoms. The number of carbonyl (C=O) groups is 1. The molecule has 0 unspecified atom stereocenters. The lowest BCUT2D eigenvalue weighted by Crippen LogP contribution is -2.45. The Labute approximate surface area is 109 Å². The number of hydrogen-bond acceptors (Lipinski definition) is 3. The summed E-state index contributed by atoms with van der Waals surface area (Å²) in [6.45, 7) is 3.02. The van der Waals surface area contributed by atoms with Gasteiger partial charge in [0.05, 0.1) is 5.60 Å². The van der Waals surface area contributed by atoms with Crippen molar-refractivity contribution >= 4 is 21.8 Å². The van der Waals surface area contributed by atoms with Crippen LogP contribution in [0.4, 0.5) is 0 Å². The van der Waals surface area contributed by atoms with Gasteiger partial charge in [0.15, 0.2) is 0 Å². The molecule has 1 aromatic rings. The molecule has 1 aliphatic heterocycles. The average Bonchev–Trinajstić information content (AvgIpc) is 2.28. The number of aromatic nitrogens is 1. The highest BCUT2D eigenvalue weighted by atomic mass is 79.9. The quantitative estimate of drug-likeness (QED) is 0.805. The van der Waals surface area contributed by atoms with E-state index in [2.05, 4.69) is 20.9 Å². The fraction of sp³-hybridized carbons (Fsp3) is 0.500. The molecule has 0 aliphatic carbocycles. The molecule has 0 radical (unpaired) electrons. The number of pyridine rings is 1. The second-order valence-corrected chi connectivity index (χ2v) is 5.47. The molecular formula is C12H15BrN2O2. The fourth-order valence-corrected chi connectivity index (χ4v) is 2.27. The standard InChI is InChI=1S/C12H15BrN2O2/c1-12(17)3-6-15(7-4-12)11(16)9-2-5-14-10(13)8-9/h2,5,8,17H,3-4,6-7H2,1H3. The van der Waals surface area contributed by atoms with Crippen LogP contribution in [0.1, 0.15) is 30.1 Å². The minimum atomic E-state index is -0.629. The third-order valence-corrected chi connectivity index (χ3v) is 3.54. The van der Waals surface area contributed by atoms with Crippen LogP contribution < -0.4 is 0 Å². The Morgan fingerprint density at radius 2 is 2.18 bits per heavy atom. The monoisotopic (exact) mass is 298 g/mol. The molecule has 0 atom stereocenters. The van der Waals surface area contributed by atoms with Gasteiger partial charge in [-0.05, 0) is 47.8 Å². The highest BCUT2D eigenvalue weighted by Crippen LogP contribution is 2.22. The second kappa shape index (κ2) is 4.74. The zero-order chi connectivity index (χ0) is 12.5. The summed E-state index contributed by atoms with van der Waals surface area (Å²) in [6.07, 6.45) is 2.87. The van der Waals surface area contributed by atoms with Gasteiger partial charge in [-0.15, -0.1) is 0 Å². The van der Waals surface area contributed by atoms with Crippen LogP contribution in [0.3, 0.4) is 0 Å². The Kier molecular flexibility index (Phi) is 3.49. The van der Waals surface area contributed by atoms with Crippen molar-refractivity contribution in [2.45, 2.75) is 25.4 Å². The summed E-state index contributed by atoms with van der Waals surface area (Å²) in [4.78, 5) is 17.9. The third kappa shape index (κ3) is 3.04. The maximum Gasteiger partial charge on any atom is 0.254 e. The van der Waals surface area contributed by atoms with E-state index in [1.54, 1.807) is 23.2 Å². The zero-order valence-electron chi connectivity index (χ0n) is 9.69. The van der Waals surface area contributed by atoms with Crippen molar-refractivity contribution in [2.75, 3.05) is 13.1 Å². The van der Waals surface area contributed by atoms with E-state index in [-0.39, 0.29) is 5.91 Å². The summed E-state index contributed by atoms with van der Waals surface area (Å²) in [6, 6.07) is 3.43. The first-order valence-electron chi connectivity index (χ1n) is 5.61. The van der Waals surface area contributed by atoms with Gasteiger partial charge < -0.3 is 10.0 Å². The molecule has 0 bridgehead atoms. The molecule has 2 rings (SSSR count). The fourth-order valence-electron chi connectivity index (χ4n) is 1.91. The number of aliphatic hydroxyl groups is 1. The van der Waals surface area contributed by atoms with Crippen LogP contribution in [0.5, 0.6) is 0 Å². The Balaban J connectivity index is 2.07. The normalized spacial score (nSPS) is 19.1. The van der Waals surface area contributed by atoms with Crippen molar-refractivity contribution in [1.29, 1.82) is 0 Å². The van der Waals surface area contributed by atoms with E-state index in [9.17, 15) is 9.90 Å². The first-order chi connectivity index (χ1) is 7.98. The number of rotatable bonds is 1. The van der Waals surface area contributed by atoms with Crippen LogP contribution in [0.2, 0.25) is 0 Å². The lowest BCUT2D eigenvalue weighted by atomic mass is 9.93. The van der Waals surface area contributed by atoms with E-state index < -0.39 is 5.60 Å². The molecule has 0 saturated carbocycles. The van der Waals surface area contributed by atoms with Crippen molar-refractivity contribution in [3.05, 3.63) is 28.5 Å². The Morgan fingerprint density at radius 1 is 1.53 bits per heavy atom. The van der Waals surface area contributed by atoms with Gasteiger partial charge in [-0.25, -0.2) is 4.98 Å². The molecule has 5 heteroatoms. The highest BCUT2D eigenvalue weighted by Gasteiger charge is 2.29. The van der Waals surface area contributed by atoms with Gasteiger partial charge in [-0.1, -0.05) is 0 Å². The number of likely N-dealkylation sites (tertiary alicyclic amines) is 1. The van der Waals surface area contributed by atoms with Crippen LogP contribution in [0, 0.1) is 0 Å². The minimum absolute atomic E-state index is 0.00333. The maximum atomic E-state index is 12.2. The van der Waals surface area contributed by atoms with E-state index in [1.165, 1.54) is 0 Å². The third-order valence-electron chi connectivity index (χ3n) is 3.10. The molecule has 1 aliphatic rings. The summed E-state index contributed by atoms with van der Waals surface area (Å²) in [5, 5.41) is 9.83. The Hall–Kier alpha value is -0.940. The number of carbonyl (C=O) groups excluding carboxylic acids is 1. The van der Waals surface area contributed by atoms with E-state index in [0.29, 0.717) is 36.1 Å². The first-order valence-corrected chi connectivity index (χ1v) is 6.40. The Morgan fingerprint density at radius 3 is 2.76 bits per heavy atom. The van der Waals surface area contributed by atoms with Crippen molar-refractivity contribution in [3.63, 3.8) is 0 Å². The molecule has 0 aromatic carbocycles. The van der Waals surface area contributed by atoms with Crippen LogP contribution in [0.15, 0.2) is 22.9 Å². The van der Waals surface area contributed by atoms with Gasteiger partial charge in [-0.3, -0.25) is 4.79 Å².